The zero-order chi connectivity index (χ0) is 10.2. The molecule has 0 saturated carbocycles. The minimum Gasteiger partial charge on any atom is -0.390 e. The average molecular weight is 197 g/mol. The van der Waals surface area contributed by atoms with Crippen LogP contribution < -0.4 is 5.32 Å². The van der Waals surface area contributed by atoms with Crippen molar-refractivity contribution < 1.29 is 18.6 Å². The Kier molecular flexibility index (Phi) is 7.03. The number of hydrogen-bond acceptors (Lipinski definition) is 3. The number of rotatable bonds is 8. The molecule has 0 heterocycles. The Morgan fingerprint density at radius 3 is 2.69 bits per heavy atom. The zero-order valence-electron chi connectivity index (χ0n) is 7.85. The number of nitrogens with one attached hydrogen (secondary N) is 1. The van der Waals surface area contributed by atoms with E-state index in [9.17, 15) is 8.78 Å². The smallest absolute Gasteiger partial charge is 0.282 e. The van der Waals surface area contributed by atoms with E-state index in [0.717, 1.165) is 0 Å². The van der Waals surface area contributed by atoms with Crippen LogP contribution in [0.15, 0.2) is 0 Å². The van der Waals surface area contributed by atoms with Crippen molar-refractivity contribution in [2.24, 2.45) is 0 Å². The molecule has 0 spiro atoms. The van der Waals surface area contributed by atoms with E-state index in [-0.39, 0.29) is 0 Å². The fraction of sp³-hybridized carbons (Fsp3) is 1.00. The first-order valence-corrected chi connectivity index (χ1v) is 4.39. The molecule has 0 amide bonds. The van der Waals surface area contributed by atoms with Gasteiger partial charge in [-0.1, -0.05) is 0 Å². The van der Waals surface area contributed by atoms with Crippen molar-refractivity contribution in [3.05, 3.63) is 0 Å². The molecule has 0 fully saturated rings. The van der Waals surface area contributed by atoms with Crippen molar-refractivity contribution in [1.82, 2.24) is 5.32 Å². The van der Waals surface area contributed by atoms with Gasteiger partial charge in [0, 0.05) is 13.2 Å². The van der Waals surface area contributed by atoms with Crippen molar-refractivity contribution in [2.45, 2.75) is 19.3 Å². The van der Waals surface area contributed by atoms with Crippen LogP contribution in [0.5, 0.6) is 0 Å². The molecule has 0 aromatic rings. The van der Waals surface area contributed by atoms with Crippen molar-refractivity contribution in [3.8, 4) is 0 Å². The first-order valence-electron chi connectivity index (χ1n) is 4.39. The van der Waals surface area contributed by atoms with Crippen LogP contribution in [-0.2, 0) is 4.74 Å². The van der Waals surface area contributed by atoms with Crippen LogP contribution in [0.3, 0.4) is 0 Å². The van der Waals surface area contributed by atoms with Gasteiger partial charge in [0.05, 0.1) is 6.54 Å². The van der Waals surface area contributed by atoms with Crippen LogP contribution in [0.2, 0.25) is 0 Å². The summed E-state index contributed by atoms with van der Waals surface area (Å²) in [4.78, 5) is 0. The van der Waals surface area contributed by atoms with Crippen LogP contribution >= 0.6 is 0 Å². The Labute approximate surface area is 77.1 Å². The lowest BCUT2D eigenvalue weighted by Crippen LogP contribution is -2.36. The molecular weight excluding hydrogens is 180 g/mol. The van der Waals surface area contributed by atoms with E-state index in [1.807, 2.05) is 6.92 Å². The average Bonchev–Trinajstić information content (AvgIpc) is 2.11. The quantitative estimate of drug-likeness (QED) is 0.561. The Hall–Kier alpha value is -0.260. The van der Waals surface area contributed by atoms with Gasteiger partial charge in [0.2, 0.25) is 0 Å². The van der Waals surface area contributed by atoms with E-state index < -0.39 is 19.1 Å². The maximum Gasteiger partial charge on any atom is 0.282 e. The molecule has 0 aromatic carbocycles. The number of alkyl halides is 2. The van der Waals surface area contributed by atoms with Crippen LogP contribution in [0.4, 0.5) is 8.78 Å². The summed E-state index contributed by atoms with van der Waals surface area (Å²) in [6.45, 7) is 2.00. The molecule has 80 valence electrons. The van der Waals surface area contributed by atoms with Crippen molar-refractivity contribution in [3.63, 3.8) is 0 Å². The molecule has 0 radical (unpaired) electrons. The van der Waals surface area contributed by atoms with Crippen LogP contribution in [0.1, 0.15) is 13.3 Å². The molecule has 5 heteroatoms. The molecule has 0 aliphatic rings. The molecule has 0 unspecified atom stereocenters. The van der Waals surface area contributed by atoms with Gasteiger partial charge in [-0.05, 0) is 19.9 Å². The molecule has 3 nitrogen and oxygen atoms in total. The molecule has 2 N–H and O–H groups in total. The third-order valence-electron chi connectivity index (χ3n) is 1.46. The lowest BCUT2D eigenvalue weighted by atomic mass is 10.3. The predicted octanol–water partition coefficient (Wildman–Crippen LogP) is 0.630. The van der Waals surface area contributed by atoms with Gasteiger partial charge in [0.25, 0.3) is 5.92 Å². The summed E-state index contributed by atoms with van der Waals surface area (Å²) < 4.78 is 29.8. The zero-order valence-corrected chi connectivity index (χ0v) is 7.85. The van der Waals surface area contributed by atoms with Crippen molar-refractivity contribution in [2.75, 3.05) is 32.9 Å². The third-order valence-corrected chi connectivity index (χ3v) is 1.46. The van der Waals surface area contributed by atoms with Crippen LogP contribution in [0, 0.1) is 0 Å². The van der Waals surface area contributed by atoms with Gasteiger partial charge in [-0.15, -0.1) is 0 Å². The highest BCUT2D eigenvalue weighted by Crippen LogP contribution is 2.09. The van der Waals surface area contributed by atoms with Crippen LogP contribution in [0.25, 0.3) is 0 Å². The predicted molar refractivity (Wildman–Crippen MR) is 46.0 cm³/mol. The number of aliphatic hydroxyl groups excluding tert-OH is 1. The number of hydrogen-bond donors (Lipinski definition) is 2. The summed E-state index contributed by atoms with van der Waals surface area (Å²) in [7, 11) is 0. The lowest BCUT2D eigenvalue weighted by Gasteiger charge is -2.13. The second kappa shape index (κ2) is 7.17. The number of aliphatic hydroxyl groups is 1. The summed E-state index contributed by atoms with van der Waals surface area (Å²) in [6.07, 6.45) is 0.704. The van der Waals surface area contributed by atoms with Gasteiger partial charge in [0.15, 0.2) is 0 Å². The maximum atomic E-state index is 12.4. The first-order chi connectivity index (χ1) is 6.12. The molecular formula is C8H17F2NO2. The van der Waals surface area contributed by atoms with Gasteiger partial charge in [-0.3, -0.25) is 0 Å². The summed E-state index contributed by atoms with van der Waals surface area (Å²) in [5.41, 5.74) is 0. The van der Waals surface area contributed by atoms with Gasteiger partial charge in [-0.25, -0.2) is 8.78 Å². The fourth-order valence-electron chi connectivity index (χ4n) is 0.771. The maximum absolute atomic E-state index is 12.4. The van der Waals surface area contributed by atoms with Gasteiger partial charge in [-0.2, -0.15) is 0 Å². The molecule has 0 aliphatic heterocycles. The Bertz CT molecular complexity index is 123. The molecule has 0 bridgehead atoms. The summed E-state index contributed by atoms with van der Waals surface area (Å²) in [6, 6.07) is 0. The molecule has 13 heavy (non-hydrogen) atoms. The SMILES string of the molecule is CCOCCCNCC(F)(F)CO. The highest BCUT2D eigenvalue weighted by atomic mass is 19.3. The topological polar surface area (TPSA) is 41.5 Å². The first kappa shape index (κ1) is 12.7. The fourth-order valence-corrected chi connectivity index (χ4v) is 0.771. The molecule has 0 aromatic heterocycles. The van der Waals surface area contributed by atoms with Gasteiger partial charge >= 0.3 is 0 Å². The van der Waals surface area contributed by atoms with E-state index in [0.29, 0.717) is 26.2 Å². The lowest BCUT2D eigenvalue weighted by molar-refractivity contribution is -0.0476. The van der Waals surface area contributed by atoms with E-state index in [1.54, 1.807) is 0 Å². The van der Waals surface area contributed by atoms with Gasteiger partial charge < -0.3 is 15.2 Å². The number of halogens is 2. The van der Waals surface area contributed by atoms with E-state index >= 15 is 0 Å². The van der Waals surface area contributed by atoms with Crippen molar-refractivity contribution in [1.29, 1.82) is 0 Å². The Morgan fingerprint density at radius 1 is 1.46 bits per heavy atom. The monoisotopic (exact) mass is 197 g/mol. The largest absolute Gasteiger partial charge is 0.390 e. The van der Waals surface area contributed by atoms with E-state index in [2.05, 4.69) is 5.32 Å². The van der Waals surface area contributed by atoms with Crippen LogP contribution in [-0.4, -0.2) is 43.9 Å². The van der Waals surface area contributed by atoms with Gasteiger partial charge in [0.1, 0.15) is 6.61 Å². The van der Waals surface area contributed by atoms with E-state index in [1.165, 1.54) is 0 Å². The third kappa shape index (κ3) is 8.08. The molecule has 0 rings (SSSR count). The minimum atomic E-state index is -3.01. The molecule has 0 aliphatic carbocycles. The summed E-state index contributed by atoms with van der Waals surface area (Å²) >= 11 is 0. The van der Waals surface area contributed by atoms with Crippen molar-refractivity contribution >= 4 is 0 Å². The summed E-state index contributed by atoms with van der Waals surface area (Å²) in [5, 5.41) is 10.8. The van der Waals surface area contributed by atoms with E-state index in [4.69, 9.17) is 9.84 Å². The number of ether oxygens (including phenoxy) is 1. The highest BCUT2D eigenvalue weighted by molar-refractivity contribution is 4.67. The Morgan fingerprint density at radius 2 is 2.15 bits per heavy atom. The standard InChI is InChI=1S/C8H17F2NO2/c1-2-13-5-3-4-11-6-8(9,10)7-12/h11-12H,2-7H2,1H3. The molecule has 0 saturated heterocycles. The molecule has 0 atom stereocenters. The normalized spacial score (nSPS) is 12.0. The second-order valence-corrected chi connectivity index (χ2v) is 2.74. The minimum absolute atomic E-state index is 0.477. The Balaban J connectivity index is 3.16. The second-order valence-electron chi connectivity index (χ2n) is 2.74. The summed E-state index contributed by atoms with van der Waals surface area (Å²) in [5.74, 6) is -3.01. The highest BCUT2D eigenvalue weighted by Gasteiger charge is 2.26.